The summed E-state index contributed by atoms with van der Waals surface area (Å²) in [6.07, 6.45) is 1.52. The average molecular weight is 399 g/mol. The fraction of sp³-hybridized carbons (Fsp3) is 0.300. The molecule has 1 saturated heterocycles. The van der Waals surface area contributed by atoms with Gasteiger partial charge in [0.1, 0.15) is 10.6 Å². The second kappa shape index (κ2) is 7.27. The average Bonchev–Trinajstić information content (AvgIpc) is 3.00. The highest BCUT2D eigenvalue weighted by molar-refractivity contribution is 7.90. The van der Waals surface area contributed by atoms with Crippen molar-refractivity contribution in [3.05, 3.63) is 54.1 Å². The predicted molar refractivity (Wildman–Crippen MR) is 106 cm³/mol. The number of amides is 1. The van der Waals surface area contributed by atoms with Gasteiger partial charge >= 0.3 is 0 Å². The third-order valence-corrected chi connectivity index (χ3v) is 6.39. The van der Waals surface area contributed by atoms with Crippen molar-refractivity contribution >= 4 is 27.5 Å². The number of anilines is 1. The number of para-hydroxylation sites is 2. The van der Waals surface area contributed by atoms with E-state index in [2.05, 4.69) is 9.71 Å². The van der Waals surface area contributed by atoms with Crippen molar-refractivity contribution in [1.29, 1.82) is 0 Å². The summed E-state index contributed by atoms with van der Waals surface area (Å²) in [7, 11) is -2.11. The largest absolute Gasteiger partial charge is 0.495 e. The number of piperidine rings is 1. The number of likely N-dealkylation sites (tertiary alicyclic amines) is 1. The lowest BCUT2D eigenvalue weighted by atomic mass is 9.96. The number of nitrogens with zero attached hydrogens (tertiary/aromatic N) is 2. The van der Waals surface area contributed by atoms with Gasteiger partial charge in [0.05, 0.1) is 18.7 Å². The van der Waals surface area contributed by atoms with E-state index in [4.69, 9.17) is 4.74 Å². The first-order chi connectivity index (χ1) is 13.5. The number of methoxy groups -OCH3 is 1. The Balaban J connectivity index is 1.53. The lowest BCUT2D eigenvalue weighted by molar-refractivity contribution is -0.121. The quantitative estimate of drug-likeness (QED) is 0.857. The second-order valence-electron chi connectivity index (χ2n) is 6.86. The zero-order valence-electron chi connectivity index (χ0n) is 15.5. The van der Waals surface area contributed by atoms with Crippen LogP contribution in [0.25, 0.3) is 0 Å². The highest BCUT2D eigenvalue weighted by atomic mass is 32.2. The Morgan fingerprint density at radius 2 is 1.93 bits per heavy atom. The predicted octanol–water partition coefficient (Wildman–Crippen LogP) is 2.49. The lowest BCUT2D eigenvalue weighted by Crippen LogP contribution is -2.43. The van der Waals surface area contributed by atoms with Crippen LogP contribution in [0.15, 0.2) is 57.8 Å². The first-order valence-corrected chi connectivity index (χ1v) is 10.6. The van der Waals surface area contributed by atoms with Crippen molar-refractivity contribution in [3.63, 3.8) is 0 Å². The Labute approximate surface area is 164 Å². The third-order valence-electron chi connectivity index (χ3n) is 5.07. The maximum atomic E-state index is 12.8. The molecule has 1 fully saturated rings. The number of hydrogen-bond acceptors (Lipinski definition) is 5. The van der Waals surface area contributed by atoms with E-state index < -0.39 is 10.0 Å². The summed E-state index contributed by atoms with van der Waals surface area (Å²) in [6.45, 7) is 1.09. The van der Waals surface area contributed by atoms with Crippen molar-refractivity contribution in [2.45, 2.75) is 17.7 Å². The molecule has 0 spiro atoms. The maximum Gasteiger partial charge on any atom is 0.285 e. The van der Waals surface area contributed by atoms with Gasteiger partial charge in [-0.15, -0.1) is 4.40 Å². The second-order valence-corrected chi connectivity index (χ2v) is 8.43. The number of hydrogen-bond donors (Lipinski definition) is 1. The summed E-state index contributed by atoms with van der Waals surface area (Å²) in [6, 6.07) is 14.1. The van der Waals surface area contributed by atoms with Crippen molar-refractivity contribution in [1.82, 2.24) is 4.90 Å². The van der Waals surface area contributed by atoms with Gasteiger partial charge in [-0.3, -0.25) is 4.79 Å². The van der Waals surface area contributed by atoms with Gasteiger partial charge in [0, 0.05) is 18.7 Å². The van der Waals surface area contributed by atoms with E-state index in [1.165, 1.54) is 0 Å². The van der Waals surface area contributed by atoms with Crippen molar-refractivity contribution < 1.29 is 17.9 Å². The van der Waals surface area contributed by atoms with Crippen LogP contribution >= 0.6 is 0 Å². The Hall–Kier alpha value is -2.87. The van der Waals surface area contributed by atoms with Crippen LogP contribution in [0.1, 0.15) is 18.4 Å². The molecule has 0 bridgehead atoms. The molecule has 2 aliphatic heterocycles. The molecule has 2 aromatic carbocycles. The van der Waals surface area contributed by atoms with Crippen LogP contribution in [0.3, 0.4) is 0 Å². The highest BCUT2D eigenvalue weighted by Crippen LogP contribution is 2.30. The van der Waals surface area contributed by atoms with Crippen LogP contribution < -0.4 is 10.1 Å². The van der Waals surface area contributed by atoms with E-state index in [0.29, 0.717) is 35.9 Å². The number of sulfonamides is 1. The SMILES string of the molecule is COc1ccccc1NC(=O)C1CCCN(C2=NS(=O)(=O)c3ccccc32)C1. The fourth-order valence-corrected chi connectivity index (χ4v) is 4.91. The van der Waals surface area contributed by atoms with Gasteiger partial charge in [-0.05, 0) is 37.1 Å². The normalized spacial score (nSPS) is 20.2. The van der Waals surface area contributed by atoms with E-state index in [0.717, 1.165) is 12.8 Å². The topological polar surface area (TPSA) is 88.1 Å². The summed E-state index contributed by atoms with van der Waals surface area (Å²) in [5.74, 6) is 0.662. The Kier molecular flexibility index (Phi) is 4.80. The monoisotopic (exact) mass is 399 g/mol. The smallest absolute Gasteiger partial charge is 0.285 e. The molecular formula is C20H21N3O4S. The fourth-order valence-electron chi connectivity index (χ4n) is 3.68. The van der Waals surface area contributed by atoms with Crippen LogP contribution in [0.2, 0.25) is 0 Å². The van der Waals surface area contributed by atoms with Crippen LogP contribution in [0.5, 0.6) is 5.75 Å². The van der Waals surface area contributed by atoms with Gasteiger partial charge in [0.15, 0.2) is 5.84 Å². The standard InChI is InChI=1S/C20H21N3O4S/c1-27-17-10-4-3-9-16(17)21-20(24)14-7-6-12-23(13-14)19-15-8-2-5-11-18(15)28(25,26)22-19/h2-5,8-11,14H,6-7,12-13H2,1H3,(H,21,24). The highest BCUT2D eigenvalue weighted by Gasteiger charge is 2.35. The van der Waals surface area contributed by atoms with E-state index in [1.807, 2.05) is 17.0 Å². The van der Waals surface area contributed by atoms with Crippen molar-refractivity contribution in [2.75, 3.05) is 25.5 Å². The van der Waals surface area contributed by atoms with Crippen LogP contribution in [-0.2, 0) is 14.8 Å². The van der Waals surface area contributed by atoms with Crippen LogP contribution in [0.4, 0.5) is 5.69 Å². The summed E-state index contributed by atoms with van der Waals surface area (Å²) in [5, 5.41) is 2.93. The minimum absolute atomic E-state index is 0.107. The van der Waals surface area contributed by atoms with Gasteiger partial charge in [0.25, 0.3) is 10.0 Å². The molecule has 28 heavy (non-hydrogen) atoms. The number of rotatable bonds is 3. The Bertz CT molecular complexity index is 1050. The van der Waals surface area contributed by atoms with Crippen molar-refractivity contribution in [2.24, 2.45) is 10.3 Å². The minimum Gasteiger partial charge on any atom is -0.495 e. The number of carbonyl (C=O) groups excluding carboxylic acids is 1. The van der Waals surface area contributed by atoms with E-state index in [9.17, 15) is 13.2 Å². The molecule has 1 amide bonds. The Morgan fingerprint density at radius 3 is 2.75 bits per heavy atom. The minimum atomic E-state index is -3.67. The molecule has 4 rings (SSSR count). The molecule has 1 atom stereocenters. The molecule has 0 radical (unpaired) electrons. The number of ether oxygens (including phenoxy) is 1. The van der Waals surface area contributed by atoms with Crippen molar-refractivity contribution in [3.8, 4) is 5.75 Å². The molecule has 146 valence electrons. The summed E-state index contributed by atoms with van der Waals surface area (Å²) in [4.78, 5) is 14.9. The van der Waals surface area contributed by atoms with Gasteiger partial charge in [-0.25, -0.2) is 0 Å². The number of nitrogens with one attached hydrogen (secondary N) is 1. The molecule has 0 saturated carbocycles. The van der Waals surface area contributed by atoms with E-state index in [-0.39, 0.29) is 16.7 Å². The number of carbonyl (C=O) groups is 1. The summed E-state index contributed by atoms with van der Waals surface area (Å²) >= 11 is 0. The van der Waals surface area contributed by atoms with Gasteiger partial charge in [-0.2, -0.15) is 8.42 Å². The van der Waals surface area contributed by atoms with Gasteiger partial charge < -0.3 is 15.0 Å². The molecule has 0 aromatic heterocycles. The zero-order valence-corrected chi connectivity index (χ0v) is 16.3. The molecule has 2 aromatic rings. The van der Waals surface area contributed by atoms with E-state index in [1.54, 1.807) is 43.5 Å². The molecule has 2 aliphatic rings. The molecule has 2 heterocycles. The van der Waals surface area contributed by atoms with Gasteiger partial charge in [0.2, 0.25) is 5.91 Å². The van der Waals surface area contributed by atoms with E-state index >= 15 is 0 Å². The number of benzene rings is 2. The Morgan fingerprint density at radius 1 is 1.18 bits per heavy atom. The molecule has 7 nitrogen and oxygen atoms in total. The van der Waals surface area contributed by atoms with Crippen LogP contribution in [0, 0.1) is 5.92 Å². The summed E-state index contributed by atoms with van der Waals surface area (Å²) in [5.41, 5.74) is 1.23. The molecule has 8 heteroatoms. The molecule has 1 N–H and O–H groups in total. The molecular weight excluding hydrogens is 378 g/mol. The first kappa shape index (κ1) is 18.5. The molecule has 1 unspecified atom stereocenters. The zero-order chi connectivity index (χ0) is 19.7. The summed E-state index contributed by atoms with van der Waals surface area (Å²) < 4.78 is 33.9. The number of amidine groups is 1. The molecule has 0 aliphatic carbocycles. The lowest BCUT2D eigenvalue weighted by Gasteiger charge is -2.33. The number of fused-ring (bicyclic) bond motifs is 1. The van der Waals surface area contributed by atoms with Crippen LogP contribution in [-0.4, -0.2) is 45.3 Å². The first-order valence-electron chi connectivity index (χ1n) is 9.13. The third kappa shape index (κ3) is 3.35. The van der Waals surface area contributed by atoms with Gasteiger partial charge in [-0.1, -0.05) is 24.3 Å². The maximum absolute atomic E-state index is 12.8.